The summed E-state index contributed by atoms with van der Waals surface area (Å²) in [5, 5.41) is 12.0. The number of sulfonamides is 1. The fraction of sp³-hybridized carbons (Fsp3) is 0.917. The second kappa shape index (κ2) is 5.38. The fourth-order valence-corrected chi connectivity index (χ4v) is 3.36. The second-order valence-corrected chi connectivity index (χ2v) is 7.82. The van der Waals surface area contributed by atoms with E-state index in [-0.39, 0.29) is 30.4 Å². The van der Waals surface area contributed by atoms with Gasteiger partial charge in [0.15, 0.2) is 0 Å². The minimum Gasteiger partial charge on any atom is -0.396 e. The Balaban J connectivity index is 1.85. The number of nitrogens with one attached hydrogen (secondary N) is 1. The lowest BCUT2D eigenvalue weighted by Gasteiger charge is -2.30. The zero-order valence-electron chi connectivity index (χ0n) is 11.3. The highest BCUT2D eigenvalue weighted by Gasteiger charge is 2.42. The second-order valence-electron chi connectivity index (χ2n) is 5.84. The van der Waals surface area contributed by atoms with E-state index in [1.807, 2.05) is 0 Å². The molecule has 0 spiro atoms. The number of aliphatic hydroxyl groups excluding tert-OH is 1. The standard InChI is InChI=1S/C12H22N2O4S/c1-19(17,18)14-6-2-3-10(7-14)11(16)13-8-12(9-15)4-5-12/h10,15H,2-9H2,1H3,(H,13,16). The molecule has 19 heavy (non-hydrogen) atoms. The van der Waals surface area contributed by atoms with Crippen LogP contribution in [-0.4, -0.2) is 56.2 Å². The molecular formula is C12H22N2O4S. The van der Waals surface area contributed by atoms with E-state index in [1.165, 1.54) is 10.6 Å². The van der Waals surface area contributed by atoms with Crippen molar-refractivity contribution in [2.75, 3.05) is 32.5 Å². The van der Waals surface area contributed by atoms with E-state index in [9.17, 15) is 18.3 Å². The van der Waals surface area contributed by atoms with Crippen molar-refractivity contribution in [1.82, 2.24) is 9.62 Å². The number of aliphatic hydroxyl groups is 1. The first-order chi connectivity index (χ1) is 8.86. The summed E-state index contributed by atoms with van der Waals surface area (Å²) in [4.78, 5) is 12.0. The lowest BCUT2D eigenvalue weighted by atomic mass is 9.98. The first-order valence-corrected chi connectivity index (χ1v) is 8.55. The predicted molar refractivity (Wildman–Crippen MR) is 70.9 cm³/mol. The van der Waals surface area contributed by atoms with Crippen molar-refractivity contribution in [3.8, 4) is 0 Å². The Morgan fingerprint density at radius 3 is 2.68 bits per heavy atom. The SMILES string of the molecule is CS(=O)(=O)N1CCCC(C(=O)NCC2(CO)CC2)C1. The van der Waals surface area contributed by atoms with Gasteiger partial charge in [-0.05, 0) is 25.7 Å². The van der Waals surface area contributed by atoms with Gasteiger partial charge >= 0.3 is 0 Å². The van der Waals surface area contributed by atoms with Gasteiger partial charge in [-0.2, -0.15) is 0 Å². The summed E-state index contributed by atoms with van der Waals surface area (Å²) < 4.78 is 24.4. The monoisotopic (exact) mass is 290 g/mol. The molecule has 6 nitrogen and oxygen atoms in total. The molecule has 0 bridgehead atoms. The highest BCUT2D eigenvalue weighted by atomic mass is 32.2. The largest absolute Gasteiger partial charge is 0.396 e. The Morgan fingerprint density at radius 1 is 1.47 bits per heavy atom. The number of hydrogen-bond donors (Lipinski definition) is 2. The highest BCUT2D eigenvalue weighted by Crippen LogP contribution is 2.44. The summed E-state index contributed by atoms with van der Waals surface area (Å²) in [6.45, 7) is 1.38. The molecule has 110 valence electrons. The van der Waals surface area contributed by atoms with Gasteiger partial charge in [-0.3, -0.25) is 4.79 Å². The van der Waals surface area contributed by atoms with Crippen molar-refractivity contribution >= 4 is 15.9 Å². The van der Waals surface area contributed by atoms with Gasteiger partial charge in [0.2, 0.25) is 15.9 Å². The van der Waals surface area contributed by atoms with Crippen LogP contribution in [0.5, 0.6) is 0 Å². The molecule has 1 heterocycles. The van der Waals surface area contributed by atoms with Crippen molar-refractivity contribution < 1.29 is 18.3 Å². The molecule has 2 fully saturated rings. The van der Waals surface area contributed by atoms with Crippen LogP contribution in [0, 0.1) is 11.3 Å². The molecule has 0 aromatic heterocycles. The molecule has 2 aliphatic rings. The topological polar surface area (TPSA) is 86.7 Å². The Morgan fingerprint density at radius 2 is 2.16 bits per heavy atom. The Kier molecular flexibility index (Phi) is 4.17. The number of amides is 1. The van der Waals surface area contributed by atoms with Crippen LogP contribution >= 0.6 is 0 Å². The third-order valence-electron chi connectivity index (χ3n) is 4.15. The molecule has 2 N–H and O–H groups in total. The lowest BCUT2D eigenvalue weighted by molar-refractivity contribution is -0.126. The average Bonchev–Trinajstić information content (AvgIpc) is 3.16. The van der Waals surface area contributed by atoms with Crippen LogP contribution in [0.1, 0.15) is 25.7 Å². The van der Waals surface area contributed by atoms with E-state index in [2.05, 4.69) is 5.32 Å². The molecule has 0 radical (unpaired) electrons. The zero-order valence-corrected chi connectivity index (χ0v) is 12.1. The van der Waals surface area contributed by atoms with Crippen LogP contribution in [0.15, 0.2) is 0 Å². The molecule has 1 amide bonds. The first kappa shape index (κ1) is 14.7. The molecule has 1 unspecified atom stereocenters. The van der Waals surface area contributed by atoms with Crippen molar-refractivity contribution in [2.45, 2.75) is 25.7 Å². The first-order valence-electron chi connectivity index (χ1n) is 6.70. The molecular weight excluding hydrogens is 268 g/mol. The van der Waals surface area contributed by atoms with Gasteiger partial charge < -0.3 is 10.4 Å². The van der Waals surface area contributed by atoms with Crippen molar-refractivity contribution in [3.05, 3.63) is 0 Å². The van der Waals surface area contributed by atoms with E-state index in [0.717, 1.165) is 25.7 Å². The van der Waals surface area contributed by atoms with Gasteiger partial charge in [0.05, 0.1) is 18.8 Å². The number of nitrogens with zero attached hydrogens (tertiary/aromatic N) is 1. The quantitative estimate of drug-likeness (QED) is 0.718. The van der Waals surface area contributed by atoms with Crippen LogP contribution in [-0.2, 0) is 14.8 Å². The third-order valence-corrected chi connectivity index (χ3v) is 5.42. The molecule has 0 aromatic rings. The Bertz CT molecular complexity index is 445. The molecule has 0 aromatic carbocycles. The average molecular weight is 290 g/mol. The summed E-state index contributed by atoms with van der Waals surface area (Å²) >= 11 is 0. The van der Waals surface area contributed by atoms with Gasteiger partial charge in [-0.25, -0.2) is 12.7 Å². The van der Waals surface area contributed by atoms with Gasteiger partial charge in [0, 0.05) is 25.0 Å². The van der Waals surface area contributed by atoms with Crippen LogP contribution in [0.25, 0.3) is 0 Å². The molecule has 2 rings (SSSR count). The summed E-state index contributed by atoms with van der Waals surface area (Å²) in [7, 11) is -3.21. The third kappa shape index (κ3) is 3.67. The molecule has 7 heteroatoms. The maximum Gasteiger partial charge on any atom is 0.224 e. The highest BCUT2D eigenvalue weighted by molar-refractivity contribution is 7.88. The lowest BCUT2D eigenvalue weighted by Crippen LogP contribution is -2.46. The predicted octanol–water partition coefficient (Wildman–Crippen LogP) is -0.453. The zero-order chi connectivity index (χ0) is 14.1. The summed E-state index contributed by atoms with van der Waals surface area (Å²) in [5.74, 6) is -0.356. The number of carbonyl (C=O) groups is 1. The minimum atomic E-state index is -3.21. The van der Waals surface area contributed by atoms with Crippen molar-refractivity contribution in [1.29, 1.82) is 0 Å². The van der Waals surface area contributed by atoms with Crippen LogP contribution < -0.4 is 5.32 Å². The molecule has 1 atom stereocenters. The van der Waals surface area contributed by atoms with Gasteiger partial charge in [-0.1, -0.05) is 0 Å². The van der Waals surface area contributed by atoms with E-state index >= 15 is 0 Å². The molecule has 1 saturated heterocycles. The maximum atomic E-state index is 12.0. The summed E-state index contributed by atoms with van der Waals surface area (Å²) in [6.07, 6.45) is 4.52. The molecule has 1 saturated carbocycles. The number of rotatable bonds is 5. The van der Waals surface area contributed by atoms with Crippen molar-refractivity contribution in [2.24, 2.45) is 11.3 Å². The number of hydrogen-bond acceptors (Lipinski definition) is 4. The van der Waals surface area contributed by atoms with E-state index in [0.29, 0.717) is 13.1 Å². The molecule has 1 aliphatic carbocycles. The fourth-order valence-electron chi connectivity index (χ4n) is 2.44. The molecule has 1 aliphatic heterocycles. The number of carbonyl (C=O) groups excluding carboxylic acids is 1. The minimum absolute atomic E-state index is 0.0897. The van der Waals surface area contributed by atoms with Crippen LogP contribution in [0.2, 0.25) is 0 Å². The maximum absolute atomic E-state index is 12.0. The summed E-state index contributed by atoms with van der Waals surface area (Å²) in [6, 6.07) is 0. The number of piperidine rings is 1. The Hall–Kier alpha value is -0.660. The normalized spacial score (nSPS) is 26.9. The van der Waals surface area contributed by atoms with Gasteiger partial charge in [0.1, 0.15) is 0 Å². The van der Waals surface area contributed by atoms with E-state index < -0.39 is 10.0 Å². The smallest absolute Gasteiger partial charge is 0.224 e. The van der Waals surface area contributed by atoms with Gasteiger partial charge in [0.25, 0.3) is 0 Å². The van der Waals surface area contributed by atoms with Crippen LogP contribution in [0.4, 0.5) is 0 Å². The van der Waals surface area contributed by atoms with E-state index in [4.69, 9.17) is 0 Å². The van der Waals surface area contributed by atoms with E-state index in [1.54, 1.807) is 0 Å². The van der Waals surface area contributed by atoms with Gasteiger partial charge in [-0.15, -0.1) is 0 Å². The Labute approximate surface area is 114 Å². The van der Waals surface area contributed by atoms with Crippen LogP contribution in [0.3, 0.4) is 0 Å². The summed E-state index contributed by atoms with van der Waals surface area (Å²) in [5.41, 5.74) is -0.110. The van der Waals surface area contributed by atoms with Crippen molar-refractivity contribution in [3.63, 3.8) is 0 Å².